The van der Waals surface area contributed by atoms with E-state index >= 15 is 0 Å². The topological polar surface area (TPSA) is 107 Å². The quantitative estimate of drug-likeness (QED) is 0.523. The summed E-state index contributed by atoms with van der Waals surface area (Å²) in [5.41, 5.74) is 0.700. The number of carbonyl (C=O) groups excluding carboxylic acids is 3. The molecule has 1 aliphatic heterocycles. The molecule has 0 bridgehead atoms. The number of rotatable bonds is 8. The summed E-state index contributed by atoms with van der Waals surface area (Å²) in [4.78, 5) is 48.1. The van der Waals surface area contributed by atoms with Gasteiger partial charge in [0.1, 0.15) is 17.4 Å². The van der Waals surface area contributed by atoms with Crippen LogP contribution in [0.15, 0.2) is 18.2 Å². The van der Waals surface area contributed by atoms with Crippen LogP contribution in [-0.2, 0) is 14.4 Å². The van der Waals surface area contributed by atoms with Gasteiger partial charge < -0.3 is 20.5 Å². The zero-order chi connectivity index (χ0) is 25.8. The molecule has 3 rings (SSSR count). The van der Waals surface area contributed by atoms with E-state index in [0.29, 0.717) is 24.3 Å². The van der Waals surface area contributed by atoms with Crippen molar-refractivity contribution in [3.63, 3.8) is 0 Å². The number of imidazole rings is 1. The Kier molecular flexibility index (Phi) is 8.51. The maximum absolute atomic E-state index is 14.0. The lowest BCUT2D eigenvalue weighted by atomic mass is 9.90. The summed E-state index contributed by atoms with van der Waals surface area (Å²) in [6.45, 7) is 10.5. The first-order valence-electron chi connectivity index (χ1n) is 12.5. The second-order valence-corrected chi connectivity index (χ2v) is 10.8. The van der Waals surface area contributed by atoms with Crippen molar-refractivity contribution in [3.05, 3.63) is 29.8 Å². The van der Waals surface area contributed by atoms with Crippen LogP contribution in [0.3, 0.4) is 0 Å². The van der Waals surface area contributed by atoms with Crippen LogP contribution in [0.1, 0.15) is 85.0 Å². The molecule has 1 aromatic carbocycles. The standard InChI is InChI=1S/C26H38FN5O3/c1-16-9-6-7-14-32(16)22(34)15-20(29-21(33)12-13-26(3,4)5)25(35)28-17(2)24-30-19-11-8-10-18(27)23(19)31-24/h8,10-11,16-17,20H,6-7,9,12-15H2,1-5H3,(H,28,35)(H,29,33)(H,30,31)/t16?,17-,20?/m0/s1. The van der Waals surface area contributed by atoms with Crippen LogP contribution >= 0.6 is 0 Å². The number of nitrogens with zero attached hydrogens (tertiary/aromatic N) is 2. The van der Waals surface area contributed by atoms with Crippen molar-refractivity contribution >= 4 is 28.8 Å². The largest absolute Gasteiger partial charge is 0.345 e. The Morgan fingerprint density at radius 1 is 1.23 bits per heavy atom. The van der Waals surface area contributed by atoms with Crippen LogP contribution < -0.4 is 10.6 Å². The Bertz CT molecular complexity index is 1060. The summed E-state index contributed by atoms with van der Waals surface area (Å²) in [7, 11) is 0. The second-order valence-electron chi connectivity index (χ2n) is 10.8. The second kappa shape index (κ2) is 11.2. The molecule has 0 aliphatic carbocycles. The number of aromatic amines is 1. The van der Waals surface area contributed by atoms with Gasteiger partial charge in [-0.2, -0.15) is 0 Å². The van der Waals surface area contributed by atoms with Crippen LogP contribution in [0, 0.1) is 11.2 Å². The number of hydrogen-bond acceptors (Lipinski definition) is 4. The molecule has 1 fully saturated rings. The number of aromatic nitrogens is 2. The van der Waals surface area contributed by atoms with Crippen LogP contribution in [-0.4, -0.2) is 51.2 Å². The highest BCUT2D eigenvalue weighted by atomic mass is 19.1. The van der Waals surface area contributed by atoms with Crippen molar-refractivity contribution in [1.82, 2.24) is 25.5 Å². The molecule has 3 N–H and O–H groups in total. The van der Waals surface area contributed by atoms with Gasteiger partial charge in [-0.1, -0.05) is 26.8 Å². The number of halogens is 1. The highest BCUT2D eigenvalue weighted by Gasteiger charge is 2.31. The molecule has 1 aliphatic rings. The zero-order valence-corrected chi connectivity index (χ0v) is 21.4. The average molecular weight is 488 g/mol. The molecule has 0 saturated carbocycles. The summed E-state index contributed by atoms with van der Waals surface area (Å²) in [5, 5.41) is 5.61. The lowest BCUT2D eigenvalue weighted by Gasteiger charge is -2.34. The fourth-order valence-electron chi connectivity index (χ4n) is 4.33. The number of amides is 3. The summed E-state index contributed by atoms with van der Waals surface area (Å²) in [6.07, 6.45) is 3.75. The number of nitrogens with one attached hydrogen (secondary N) is 3. The van der Waals surface area contributed by atoms with E-state index < -0.39 is 23.8 Å². The normalized spacial score (nSPS) is 18.2. The van der Waals surface area contributed by atoms with Gasteiger partial charge in [-0.25, -0.2) is 9.37 Å². The van der Waals surface area contributed by atoms with Gasteiger partial charge in [-0.15, -0.1) is 0 Å². The Labute approximate surface area is 206 Å². The van der Waals surface area contributed by atoms with E-state index in [4.69, 9.17) is 0 Å². The number of hydrogen-bond donors (Lipinski definition) is 3. The van der Waals surface area contributed by atoms with Gasteiger partial charge in [0.05, 0.1) is 18.0 Å². The maximum Gasteiger partial charge on any atom is 0.243 e. The number of para-hydroxylation sites is 1. The minimum atomic E-state index is -1.01. The first kappa shape index (κ1) is 26.6. The van der Waals surface area contributed by atoms with E-state index in [2.05, 4.69) is 20.6 Å². The minimum Gasteiger partial charge on any atom is -0.345 e. The molecule has 2 aromatic rings. The van der Waals surface area contributed by atoms with Crippen molar-refractivity contribution in [2.75, 3.05) is 6.54 Å². The minimum absolute atomic E-state index is 0.0285. The summed E-state index contributed by atoms with van der Waals surface area (Å²) in [6, 6.07) is 3.15. The molecular formula is C26H38FN5O3. The van der Waals surface area contributed by atoms with Gasteiger partial charge in [0.15, 0.2) is 5.82 Å². The monoisotopic (exact) mass is 487 g/mol. The highest BCUT2D eigenvalue weighted by molar-refractivity contribution is 5.92. The third kappa shape index (κ3) is 7.26. The number of H-pyrrole nitrogens is 1. The lowest BCUT2D eigenvalue weighted by molar-refractivity contribution is -0.138. The van der Waals surface area contributed by atoms with Crippen LogP contribution in [0.4, 0.5) is 4.39 Å². The fraction of sp³-hybridized carbons (Fsp3) is 0.615. The van der Waals surface area contributed by atoms with Crippen LogP contribution in [0.25, 0.3) is 11.0 Å². The van der Waals surface area contributed by atoms with Crippen molar-refractivity contribution in [2.45, 2.75) is 91.3 Å². The van der Waals surface area contributed by atoms with Crippen LogP contribution in [0.2, 0.25) is 0 Å². The number of benzene rings is 1. The Morgan fingerprint density at radius 3 is 2.63 bits per heavy atom. The van der Waals surface area contributed by atoms with Gasteiger partial charge in [0.2, 0.25) is 17.7 Å². The van der Waals surface area contributed by atoms with Gasteiger partial charge in [0, 0.05) is 19.0 Å². The van der Waals surface area contributed by atoms with E-state index in [0.717, 1.165) is 19.3 Å². The van der Waals surface area contributed by atoms with Crippen molar-refractivity contribution in [1.29, 1.82) is 0 Å². The van der Waals surface area contributed by atoms with Crippen molar-refractivity contribution in [2.24, 2.45) is 5.41 Å². The molecule has 1 aromatic heterocycles. The molecule has 9 heteroatoms. The summed E-state index contributed by atoms with van der Waals surface area (Å²) >= 11 is 0. The molecule has 0 radical (unpaired) electrons. The van der Waals surface area contributed by atoms with E-state index in [9.17, 15) is 18.8 Å². The lowest BCUT2D eigenvalue weighted by Crippen LogP contribution is -2.51. The Hall–Kier alpha value is -2.97. The smallest absolute Gasteiger partial charge is 0.243 e. The number of likely N-dealkylation sites (tertiary alicyclic amines) is 1. The first-order valence-corrected chi connectivity index (χ1v) is 12.5. The predicted octanol–water partition coefficient (Wildman–Crippen LogP) is 3.98. The predicted molar refractivity (Wildman–Crippen MR) is 133 cm³/mol. The zero-order valence-electron chi connectivity index (χ0n) is 21.4. The molecule has 35 heavy (non-hydrogen) atoms. The molecule has 0 spiro atoms. The van der Waals surface area contributed by atoms with Crippen molar-refractivity contribution < 1.29 is 18.8 Å². The van der Waals surface area contributed by atoms with Gasteiger partial charge in [0.25, 0.3) is 0 Å². The van der Waals surface area contributed by atoms with E-state index in [1.807, 2.05) is 27.7 Å². The van der Waals surface area contributed by atoms with E-state index in [1.54, 1.807) is 24.0 Å². The molecule has 2 heterocycles. The maximum atomic E-state index is 14.0. The first-order chi connectivity index (χ1) is 16.4. The molecule has 192 valence electrons. The summed E-state index contributed by atoms with van der Waals surface area (Å²) in [5.74, 6) is -0.938. The van der Waals surface area contributed by atoms with Gasteiger partial charge in [-0.3, -0.25) is 14.4 Å². The number of piperidine rings is 1. The highest BCUT2D eigenvalue weighted by Crippen LogP contribution is 2.22. The molecule has 1 saturated heterocycles. The average Bonchev–Trinajstić information content (AvgIpc) is 3.23. The third-order valence-corrected chi connectivity index (χ3v) is 6.51. The van der Waals surface area contributed by atoms with Gasteiger partial charge >= 0.3 is 0 Å². The fourth-order valence-corrected chi connectivity index (χ4v) is 4.33. The molecule has 8 nitrogen and oxygen atoms in total. The SMILES string of the molecule is CC1CCCCN1C(=O)CC(NC(=O)CCC(C)(C)C)C(=O)N[C@@H](C)c1nc2c(F)cccc2[nH]1. The molecule has 3 amide bonds. The molecule has 3 atom stereocenters. The third-order valence-electron chi connectivity index (χ3n) is 6.51. The number of carbonyl (C=O) groups is 3. The van der Waals surface area contributed by atoms with E-state index in [1.165, 1.54) is 6.07 Å². The van der Waals surface area contributed by atoms with E-state index in [-0.39, 0.29) is 41.6 Å². The number of fused-ring (bicyclic) bond motifs is 1. The molecular weight excluding hydrogens is 449 g/mol. The Balaban J connectivity index is 1.72. The summed E-state index contributed by atoms with van der Waals surface area (Å²) < 4.78 is 14.0. The Morgan fingerprint density at radius 2 is 1.97 bits per heavy atom. The van der Waals surface area contributed by atoms with Gasteiger partial charge in [-0.05, 0) is 57.1 Å². The molecule has 2 unspecified atom stereocenters. The van der Waals surface area contributed by atoms with Crippen molar-refractivity contribution in [3.8, 4) is 0 Å². The van der Waals surface area contributed by atoms with Crippen LogP contribution in [0.5, 0.6) is 0 Å².